The van der Waals surface area contributed by atoms with E-state index < -0.39 is 18.5 Å². The Morgan fingerprint density at radius 2 is 1.90 bits per heavy atom. The van der Waals surface area contributed by atoms with Crippen molar-refractivity contribution in [1.29, 1.82) is 0 Å². The molecule has 1 heterocycles. The van der Waals surface area contributed by atoms with Crippen LogP contribution in [-0.4, -0.2) is 43.0 Å². The van der Waals surface area contributed by atoms with Gasteiger partial charge in [0.2, 0.25) is 5.91 Å². The van der Waals surface area contributed by atoms with Crippen LogP contribution in [0, 0.1) is 11.3 Å². The number of para-hydroxylation sites is 1. The third-order valence-electron chi connectivity index (χ3n) is 5.75. The second-order valence-electron chi connectivity index (χ2n) is 8.76. The molecule has 0 spiro atoms. The highest BCUT2D eigenvalue weighted by molar-refractivity contribution is 6.05. The molecule has 30 heavy (non-hydrogen) atoms. The van der Waals surface area contributed by atoms with Crippen LogP contribution in [0.1, 0.15) is 48.8 Å². The van der Waals surface area contributed by atoms with E-state index in [0.717, 1.165) is 41.4 Å². The number of nitrogens with zero attached hydrogens (tertiary/aromatic N) is 1. The minimum absolute atomic E-state index is 0.115. The van der Waals surface area contributed by atoms with E-state index in [0.29, 0.717) is 11.5 Å². The summed E-state index contributed by atoms with van der Waals surface area (Å²) in [5.74, 6) is -0.950. The molecule has 1 aromatic carbocycles. The third-order valence-corrected chi connectivity index (χ3v) is 5.75. The average Bonchev–Trinajstić information content (AvgIpc) is 2.72. The molecule has 0 saturated heterocycles. The molecule has 0 bridgehead atoms. The van der Waals surface area contributed by atoms with Gasteiger partial charge >= 0.3 is 5.97 Å². The molecule has 0 radical (unpaired) electrons. The molecule has 0 unspecified atom stereocenters. The Morgan fingerprint density at radius 3 is 2.60 bits per heavy atom. The molecule has 2 amide bonds. The third kappa shape index (κ3) is 4.78. The van der Waals surface area contributed by atoms with Crippen LogP contribution in [0.5, 0.6) is 0 Å². The van der Waals surface area contributed by atoms with Crippen LogP contribution in [0.2, 0.25) is 0 Å². The van der Waals surface area contributed by atoms with Crippen LogP contribution in [-0.2, 0) is 27.2 Å². The van der Waals surface area contributed by atoms with Crippen molar-refractivity contribution in [2.75, 3.05) is 20.2 Å². The standard InChI is InChI=1S/C23H29N3O4/c1-23(2,3)14-9-10-18-16(11-14)21(15-7-5-6-8-17(15)26-18)22(29)30-13-20(28)25-12-19(27)24-4/h5-8,14H,9-13H2,1-4H3,(H,24,27)(H,25,28)/t14-/m1/s1. The van der Waals surface area contributed by atoms with Crippen LogP contribution in [0.25, 0.3) is 10.9 Å². The summed E-state index contributed by atoms with van der Waals surface area (Å²) >= 11 is 0. The number of nitrogens with one attached hydrogen (secondary N) is 2. The monoisotopic (exact) mass is 411 g/mol. The predicted molar refractivity (Wildman–Crippen MR) is 114 cm³/mol. The molecule has 160 valence electrons. The maximum atomic E-state index is 13.1. The van der Waals surface area contributed by atoms with E-state index in [9.17, 15) is 14.4 Å². The maximum Gasteiger partial charge on any atom is 0.339 e. The van der Waals surface area contributed by atoms with Gasteiger partial charge in [0.05, 0.1) is 17.6 Å². The van der Waals surface area contributed by atoms with Crippen LogP contribution >= 0.6 is 0 Å². The number of benzene rings is 1. The summed E-state index contributed by atoms with van der Waals surface area (Å²) in [4.78, 5) is 41.1. The zero-order valence-electron chi connectivity index (χ0n) is 18.0. The summed E-state index contributed by atoms with van der Waals surface area (Å²) in [6.45, 7) is 6.04. The summed E-state index contributed by atoms with van der Waals surface area (Å²) in [6.07, 6.45) is 2.59. The topological polar surface area (TPSA) is 97.4 Å². The van der Waals surface area contributed by atoms with Crippen molar-refractivity contribution in [2.24, 2.45) is 11.3 Å². The number of aryl methyl sites for hydroxylation is 1. The van der Waals surface area contributed by atoms with E-state index in [2.05, 4.69) is 31.4 Å². The molecule has 2 aromatic rings. The van der Waals surface area contributed by atoms with Gasteiger partial charge < -0.3 is 15.4 Å². The Morgan fingerprint density at radius 1 is 1.17 bits per heavy atom. The first kappa shape index (κ1) is 21.7. The number of carbonyl (C=O) groups is 3. The van der Waals surface area contributed by atoms with Crippen LogP contribution < -0.4 is 10.6 Å². The molecular weight excluding hydrogens is 382 g/mol. The summed E-state index contributed by atoms with van der Waals surface area (Å²) in [6, 6.07) is 7.51. The number of fused-ring (bicyclic) bond motifs is 2. The number of aromatic nitrogens is 1. The van der Waals surface area contributed by atoms with Crippen LogP contribution in [0.4, 0.5) is 0 Å². The molecule has 2 N–H and O–H groups in total. The van der Waals surface area contributed by atoms with Gasteiger partial charge in [-0.15, -0.1) is 0 Å². The first-order valence-corrected chi connectivity index (χ1v) is 10.3. The lowest BCUT2D eigenvalue weighted by molar-refractivity contribution is -0.127. The predicted octanol–water partition coefficient (Wildman–Crippen LogP) is 2.40. The highest BCUT2D eigenvalue weighted by Crippen LogP contribution is 2.39. The summed E-state index contributed by atoms with van der Waals surface area (Å²) in [5.41, 5.74) is 3.23. The molecule has 0 fully saturated rings. The molecule has 3 rings (SSSR count). The average molecular weight is 412 g/mol. The molecule has 0 saturated carbocycles. The Bertz CT molecular complexity index is 978. The largest absolute Gasteiger partial charge is 0.452 e. The van der Waals surface area contributed by atoms with Gasteiger partial charge in [0, 0.05) is 18.1 Å². The van der Waals surface area contributed by atoms with Gasteiger partial charge in [0.15, 0.2) is 6.61 Å². The molecule has 1 aromatic heterocycles. The summed E-state index contributed by atoms with van der Waals surface area (Å²) < 4.78 is 5.34. The fourth-order valence-corrected chi connectivity index (χ4v) is 3.88. The van der Waals surface area contributed by atoms with Crippen LogP contribution in [0.3, 0.4) is 0 Å². The first-order valence-electron chi connectivity index (χ1n) is 10.3. The van der Waals surface area contributed by atoms with Gasteiger partial charge in [-0.3, -0.25) is 14.6 Å². The molecule has 1 aliphatic carbocycles. The zero-order chi connectivity index (χ0) is 21.9. The molecule has 1 aliphatic rings. The SMILES string of the molecule is CNC(=O)CNC(=O)COC(=O)c1c2c(nc3ccccc13)CC[C@@H](C(C)(C)C)C2. The number of ether oxygens (including phenoxy) is 1. The first-order chi connectivity index (χ1) is 14.2. The number of hydrogen-bond acceptors (Lipinski definition) is 5. The van der Waals surface area contributed by atoms with E-state index in [1.165, 1.54) is 7.05 Å². The van der Waals surface area contributed by atoms with Crippen molar-refractivity contribution in [3.8, 4) is 0 Å². The molecule has 7 nitrogen and oxygen atoms in total. The van der Waals surface area contributed by atoms with Gasteiger partial charge in [0.1, 0.15) is 0 Å². The molecule has 1 atom stereocenters. The van der Waals surface area contributed by atoms with Crippen molar-refractivity contribution in [2.45, 2.75) is 40.0 Å². The number of pyridine rings is 1. The van der Waals surface area contributed by atoms with E-state index in [1.54, 1.807) is 0 Å². The Hall–Kier alpha value is -2.96. The fraction of sp³-hybridized carbons (Fsp3) is 0.478. The number of carbonyl (C=O) groups excluding carboxylic acids is 3. The lowest BCUT2D eigenvalue weighted by atomic mass is 9.70. The number of hydrogen-bond donors (Lipinski definition) is 2. The van der Waals surface area contributed by atoms with Gasteiger partial charge in [0.25, 0.3) is 5.91 Å². The van der Waals surface area contributed by atoms with Crippen molar-refractivity contribution < 1.29 is 19.1 Å². The van der Waals surface area contributed by atoms with E-state index in [1.807, 2.05) is 24.3 Å². The second kappa shape index (κ2) is 8.81. The van der Waals surface area contributed by atoms with Gasteiger partial charge in [-0.1, -0.05) is 39.0 Å². The molecule has 7 heteroatoms. The van der Waals surface area contributed by atoms with Gasteiger partial charge in [-0.05, 0) is 42.2 Å². The molecule has 0 aliphatic heterocycles. The number of likely N-dealkylation sites (N-methyl/N-ethyl adjacent to an activating group) is 1. The fourth-order valence-electron chi connectivity index (χ4n) is 3.88. The summed E-state index contributed by atoms with van der Waals surface area (Å²) in [5, 5.41) is 5.58. The Labute approximate surface area is 176 Å². The van der Waals surface area contributed by atoms with Crippen molar-refractivity contribution in [3.05, 3.63) is 41.1 Å². The minimum atomic E-state index is -0.533. The Kier molecular flexibility index (Phi) is 6.39. The van der Waals surface area contributed by atoms with E-state index in [4.69, 9.17) is 9.72 Å². The number of rotatable bonds is 5. The number of amides is 2. The normalized spacial score (nSPS) is 15.9. The van der Waals surface area contributed by atoms with Gasteiger partial charge in [-0.25, -0.2) is 4.79 Å². The van der Waals surface area contributed by atoms with Crippen molar-refractivity contribution in [1.82, 2.24) is 15.6 Å². The highest BCUT2D eigenvalue weighted by atomic mass is 16.5. The number of esters is 1. The van der Waals surface area contributed by atoms with E-state index in [-0.39, 0.29) is 17.9 Å². The van der Waals surface area contributed by atoms with Crippen molar-refractivity contribution in [3.63, 3.8) is 0 Å². The van der Waals surface area contributed by atoms with E-state index >= 15 is 0 Å². The van der Waals surface area contributed by atoms with Crippen molar-refractivity contribution >= 4 is 28.7 Å². The summed E-state index contributed by atoms with van der Waals surface area (Å²) in [7, 11) is 1.48. The minimum Gasteiger partial charge on any atom is -0.452 e. The highest BCUT2D eigenvalue weighted by Gasteiger charge is 2.33. The zero-order valence-corrected chi connectivity index (χ0v) is 18.0. The van der Waals surface area contributed by atoms with Gasteiger partial charge in [-0.2, -0.15) is 0 Å². The lowest BCUT2D eigenvalue weighted by Gasteiger charge is -2.35. The van der Waals surface area contributed by atoms with Crippen LogP contribution in [0.15, 0.2) is 24.3 Å². The maximum absolute atomic E-state index is 13.1. The Balaban J connectivity index is 1.87. The smallest absolute Gasteiger partial charge is 0.339 e. The molecular formula is C23H29N3O4. The second-order valence-corrected chi connectivity index (χ2v) is 8.76. The lowest BCUT2D eigenvalue weighted by Crippen LogP contribution is -2.37. The quantitative estimate of drug-likeness (QED) is 0.737.